The number of aromatic nitrogens is 4. The van der Waals surface area contributed by atoms with E-state index in [1.807, 2.05) is 43.5 Å². The molecule has 1 N–H and O–H groups in total. The van der Waals surface area contributed by atoms with Gasteiger partial charge in [-0.3, -0.25) is 14.2 Å². The van der Waals surface area contributed by atoms with Crippen molar-refractivity contribution >= 4 is 23.3 Å². The Balaban J connectivity index is 1.60. The lowest BCUT2D eigenvalue weighted by atomic mass is 10.2. The smallest absolute Gasteiger partial charge is 0.247 e. The van der Waals surface area contributed by atoms with Crippen LogP contribution >= 0.6 is 11.6 Å². The fourth-order valence-electron chi connectivity index (χ4n) is 2.19. The molecule has 0 saturated carbocycles. The lowest BCUT2D eigenvalue weighted by Gasteiger charge is -2.05. The largest absolute Gasteiger partial charge is 0.308 e. The summed E-state index contributed by atoms with van der Waals surface area (Å²) in [7, 11) is 0. The Hall–Kier alpha value is -2.60. The van der Waals surface area contributed by atoms with E-state index in [0.717, 1.165) is 11.3 Å². The van der Waals surface area contributed by atoms with E-state index in [4.69, 9.17) is 11.6 Å². The van der Waals surface area contributed by atoms with Crippen LogP contribution < -0.4 is 5.32 Å². The van der Waals surface area contributed by atoms with Gasteiger partial charge in [0.1, 0.15) is 6.54 Å². The summed E-state index contributed by atoms with van der Waals surface area (Å²) < 4.78 is 3.33. The van der Waals surface area contributed by atoms with Gasteiger partial charge in [0.05, 0.1) is 23.5 Å². The van der Waals surface area contributed by atoms with E-state index in [-0.39, 0.29) is 12.5 Å². The van der Waals surface area contributed by atoms with Crippen molar-refractivity contribution < 1.29 is 4.79 Å². The average Bonchev–Trinajstić information content (AvgIpc) is 3.10. The molecule has 1 amide bonds. The van der Waals surface area contributed by atoms with E-state index < -0.39 is 0 Å². The zero-order valence-corrected chi connectivity index (χ0v) is 13.4. The molecule has 118 valence electrons. The van der Waals surface area contributed by atoms with E-state index >= 15 is 0 Å². The summed E-state index contributed by atoms with van der Waals surface area (Å²) in [5, 5.41) is 11.7. The number of rotatable bonds is 5. The van der Waals surface area contributed by atoms with Gasteiger partial charge in [-0.1, -0.05) is 41.9 Å². The van der Waals surface area contributed by atoms with Crippen LogP contribution in [0.4, 0.5) is 5.82 Å². The molecule has 1 aromatic carbocycles. The van der Waals surface area contributed by atoms with Gasteiger partial charge in [-0.25, -0.2) is 0 Å². The van der Waals surface area contributed by atoms with E-state index in [0.29, 0.717) is 17.4 Å². The summed E-state index contributed by atoms with van der Waals surface area (Å²) >= 11 is 5.92. The molecule has 0 atom stereocenters. The molecule has 0 aliphatic carbocycles. The first kappa shape index (κ1) is 15.3. The number of hydrogen-bond acceptors (Lipinski definition) is 3. The summed E-state index contributed by atoms with van der Waals surface area (Å²) in [5.41, 5.74) is 1.91. The van der Waals surface area contributed by atoms with E-state index in [2.05, 4.69) is 15.5 Å². The highest BCUT2D eigenvalue weighted by atomic mass is 35.5. The zero-order valence-electron chi connectivity index (χ0n) is 12.6. The quantitative estimate of drug-likeness (QED) is 0.782. The van der Waals surface area contributed by atoms with Crippen LogP contribution in [0.15, 0.2) is 48.8 Å². The number of nitrogens with zero attached hydrogens (tertiary/aromatic N) is 4. The summed E-state index contributed by atoms with van der Waals surface area (Å²) in [6, 6.07) is 11.8. The van der Waals surface area contributed by atoms with Crippen molar-refractivity contribution in [3.05, 3.63) is 65.1 Å². The molecule has 3 aromatic rings. The minimum Gasteiger partial charge on any atom is -0.308 e. The fraction of sp³-hybridized carbons (Fsp3) is 0.188. The molecule has 0 aliphatic rings. The molecule has 0 fully saturated rings. The van der Waals surface area contributed by atoms with Crippen LogP contribution in [0.2, 0.25) is 5.02 Å². The molecule has 2 aromatic heterocycles. The van der Waals surface area contributed by atoms with Crippen molar-refractivity contribution in [1.29, 1.82) is 0 Å². The molecule has 7 heteroatoms. The number of halogens is 1. The first-order valence-corrected chi connectivity index (χ1v) is 7.55. The van der Waals surface area contributed by atoms with Crippen molar-refractivity contribution in [3.63, 3.8) is 0 Å². The summed E-state index contributed by atoms with van der Waals surface area (Å²) in [6.45, 7) is 2.58. The molecule has 23 heavy (non-hydrogen) atoms. The maximum Gasteiger partial charge on any atom is 0.247 e. The number of carbonyl (C=O) groups is 1. The molecule has 0 aliphatic heterocycles. The number of hydrogen-bond donors (Lipinski definition) is 1. The summed E-state index contributed by atoms with van der Waals surface area (Å²) in [5.74, 6) is 0.319. The normalized spacial score (nSPS) is 10.7. The van der Waals surface area contributed by atoms with Crippen molar-refractivity contribution in [3.8, 4) is 0 Å². The third-order valence-corrected chi connectivity index (χ3v) is 3.80. The Bertz CT molecular complexity index is 809. The highest BCUT2D eigenvalue weighted by molar-refractivity contribution is 6.31. The predicted octanol–water partition coefficient (Wildman–Crippen LogP) is 2.73. The van der Waals surface area contributed by atoms with Gasteiger partial charge in [0.25, 0.3) is 0 Å². The second-order valence-electron chi connectivity index (χ2n) is 5.17. The van der Waals surface area contributed by atoms with E-state index in [1.165, 1.54) is 6.20 Å². The fourth-order valence-corrected chi connectivity index (χ4v) is 2.33. The molecule has 0 bridgehead atoms. The molecular formula is C16H16ClN5O. The maximum absolute atomic E-state index is 12.0. The molecular weight excluding hydrogens is 314 g/mol. The molecule has 3 rings (SSSR count). The minimum atomic E-state index is -0.196. The number of benzene rings is 1. The third kappa shape index (κ3) is 3.78. The Morgan fingerprint density at radius 2 is 2.04 bits per heavy atom. The van der Waals surface area contributed by atoms with Gasteiger partial charge >= 0.3 is 0 Å². The van der Waals surface area contributed by atoms with Crippen molar-refractivity contribution in [2.45, 2.75) is 20.0 Å². The highest BCUT2D eigenvalue weighted by Gasteiger charge is 2.10. The standard InChI is InChI=1S/C16H16ClN5O/c1-12-14(17)9-18-22(12)11-16(23)19-15-7-8-21(20-15)10-13-5-3-2-4-6-13/h2-9H,10-11H2,1H3,(H,19,20,23). The number of carbonyl (C=O) groups excluding carboxylic acids is 1. The van der Waals surface area contributed by atoms with E-state index in [9.17, 15) is 4.79 Å². The van der Waals surface area contributed by atoms with Gasteiger partial charge in [0.15, 0.2) is 5.82 Å². The monoisotopic (exact) mass is 329 g/mol. The number of anilines is 1. The van der Waals surface area contributed by atoms with E-state index in [1.54, 1.807) is 15.4 Å². The number of amides is 1. The topological polar surface area (TPSA) is 64.7 Å². The van der Waals surface area contributed by atoms with Crippen LogP contribution in [0.5, 0.6) is 0 Å². The van der Waals surface area contributed by atoms with Gasteiger partial charge in [-0.2, -0.15) is 10.2 Å². The second-order valence-corrected chi connectivity index (χ2v) is 5.58. The van der Waals surface area contributed by atoms with Gasteiger partial charge in [0, 0.05) is 12.3 Å². The highest BCUT2D eigenvalue weighted by Crippen LogP contribution is 2.13. The SMILES string of the molecule is Cc1c(Cl)cnn1CC(=O)Nc1ccn(Cc2ccccc2)n1. The van der Waals surface area contributed by atoms with Crippen LogP contribution in [-0.2, 0) is 17.9 Å². The predicted molar refractivity (Wildman–Crippen MR) is 88.4 cm³/mol. The van der Waals surface area contributed by atoms with Gasteiger partial charge < -0.3 is 5.32 Å². The Labute approximate surface area is 138 Å². The Morgan fingerprint density at radius 1 is 1.26 bits per heavy atom. The van der Waals surface area contributed by atoms with Gasteiger partial charge in [-0.05, 0) is 12.5 Å². The maximum atomic E-state index is 12.0. The van der Waals surface area contributed by atoms with Gasteiger partial charge in [0.2, 0.25) is 5.91 Å². The van der Waals surface area contributed by atoms with Crippen LogP contribution in [0.1, 0.15) is 11.3 Å². The van der Waals surface area contributed by atoms with Gasteiger partial charge in [-0.15, -0.1) is 0 Å². The minimum absolute atomic E-state index is 0.101. The van der Waals surface area contributed by atoms with Crippen LogP contribution in [0, 0.1) is 6.92 Å². The lowest BCUT2D eigenvalue weighted by molar-refractivity contribution is -0.117. The molecule has 0 saturated heterocycles. The molecule has 0 unspecified atom stereocenters. The van der Waals surface area contributed by atoms with Crippen molar-refractivity contribution in [2.75, 3.05) is 5.32 Å². The Morgan fingerprint density at radius 3 is 2.74 bits per heavy atom. The molecule has 2 heterocycles. The third-order valence-electron chi connectivity index (χ3n) is 3.43. The zero-order chi connectivity index (χ0) is 16.2. The first-order chi connectivity index (χ1) is 11.1. The second kappa shape index (κ2) is 6.66. The molecule has 0 spiro atoms. The summed E-state index contributed by atoms with van der Waals surface area (Å²) in [6.07, 6.45) is 3.36. The lowest BCUT2D eigenvalue weighted by Crippen LogP contribution is -2.20. The Kier molecular flexibility index (Phi) is 4.43. The van der Waals surface area contributed by atoms with Crippen molar-refractivity contribution in [1.82, 2.24) is 19.6 Å². The van der Waals surface area contributed by atoms with Crippen LogP contribution in [0.3, 0.4) is 0 Å². The first-order valence-electron chi connectivity index (χ1n) is 7.17. The number of nitrogens with one attached hydrogen (secondary N) is 1. The van der Waals surface area contributed by atoms with Crippen LogP contribution in [0.25, 0.3) is 0 Å². The van der Waals surface area contributed by atoms with Crippen molar-refractivity contribution in [2.24, 2.45) is 0 Å². The average molecular weight is 330 g/mol. The molecule has 6 nitrogen and oxygen atoms in total. The summed E-state index contributed by atoms with van der Waals surface area (Å²) in [4.78, 5) is 12.0. The molecule has 0 radical (unpaired) electrons. The van der Waals surface area contributed by atoms with Crippen LogP contribution in [-0.4, -0.2) is 25.5 Å².